The van der Waals surface area contributed by atoms with E-state index in [1.807, 2.05) is 0 Å². The second-order valence-corrected chi connectivity index (χ2v) is 23.8. The molecule has 2 aliphatic carbocycles. The Morgan fingerprint density at radius 2 is 0.456 bits per heavy atom. The van der Waals surface area contributed by atoms with Crippen LogP contribution in [-0.2, 0) is 10.8 Å². The molecule has 0 saturated heterocycles. The van der Waals surface area contributed by atoms with Gasteiger partial charge in [0.1, 0.15) is 0 Å². The van der Waals surface area contributed by atoms with Gasteiger partial charge in [0.2, 0.25) is 0 Å². The Balaban J connectivity index is 0.938. The lowest BCUT2D eigenvalue weighted by molar-refractivity contribution is 0.769. The first kappa shape index (κ1) is 52.7. The van der Waals surface area contributed by atoms with Crippen molar-refractivity contribution < 1.29 is 0 Å². The van der Waals surface area contributed by atoms with E-state index in [2.05, 4.69) is 374 Å². The molecule has 0 radical (unpaired) electrons. The summed E-state index contributed by atoms with van der Waals surface area (Å²) in [5.41, 5.74) is 25.2. The highest BCUT2D eigenvalue weighted by atomic mass is 15.2. The summed E-state index contributed by atoms with van der Waals surface area (Å²) >= 11 is 0. The summed E-state index contributed by atoms with van der Waals surface area (Å²) in [5, 5.41) is 4.74. The lowest BCUT2D eigenvalue weighted by Gasteiger charge is -2.34. The third kappa shape index (κ3) is 8.19. The summed E-state index contributed by atoms with van der Waals surface area (Å²) in [4.78, 5) is 4.75. The van der Waals surface area contributed by atoms with Crippen molar-refractivity contribution in [3.05, 3.63) is 408 Å². The molecule has 17 rings (SSSR count). The smallest absolute Gasteiger partial charge is 0.0713 e. The molecule has 90 heavy (non-hydrogen) atoms. The monoisotopic (exact) mass is 1140 g/mol. The maximum absolute atomic E-state index is 2.54. The third-order valence-corrected chi connectivity index (χ3v) is 19.2. The fourth-order valence-electron chi connectivity index (χ4n) is 15.5. The van der Waals surface area contributed by atoms with Gasteiger partial charge in [-0.05, 0) is 195 Å². The second-order valence-electron chi connectivity index (χ2n) is 23.8. The van der Waals surface area contributed by atoms with Crippen molar-refractivity contribution in [3.8, 4) is 44.5 Å². The fraction of sp³-hybridized carbons (Fsp3) is 0.0227. The minimum absolute atomic E-state index is 0.569. The molecule has 0 amide bonds. The van der Waals surface area contributed by atoms with Crippen LogP contribution >= 0.6 is 0 Å². The van der Waals surface area contributed by atoms with E-state index in [1.54, 1.807) is 0 Å². The van der Waals surface area contributed by atoms with Gasteiger partial charge in [-0.25, -0.2) is 0 Å². The van der Waals surface area contributed by atoms with Gasteiger partial charge in [-0.1, -0.05) is 279 Å². The van der Waals surface area contributed by atoms with Crippen LogP contribution in [0.1, 0.15) is 44.5 Å². The van der Waals surface area contributed by atoms with Gasteiger partial charge in [-0.2, -0.15) is 0 Å². The van der Waals surface area contributed by atoms with Gasteiger partial charge < -0.3 is 9.80 Å². The summed E-state index contributed by atoms with van der Waals surface area (Å²) in [6.07, 6.45) is 0. The van der Waals surface area contributed by atoms with Crippen LogP contribution in [0.5, 0.6) is 0 Å². The first-order valence-electron chi connectivity index (χ1n) is 31.2. The number of hydrogen-bond donors (Lipinski definition) is 0. The van der Waals surface area contributed by atoms with E-state index in [4.69, 9.17) is 0 Å². The van der Waals surface area contributed by atoms with Crippen molar-refractivity contribution in [1.29, 1.82) is 0 Å². The molecule has 0 bridgehead atoms. The Kier molecular flexibility index (Phi) is 12.7. The van der Waals surface area contributed by atoms with Gasteiger partial charge in [-0.15, -0.1) is 0 Å². The van der Waals surface area contributed by atoms with Crippen LogP contribution in [0.15, 0.2) is 364 Å². The number of fused-ring (bicyclic) bond motifs is 8. The van der Waals surface area contributed by atoms with E-state index in [9.17, 15) is 0 Å². The molecule has 0 atom stereocenters. The van der Waals surface area contributed by atoms with E-state index in [0.717, 1.165) is 39.7 Å². The Morgan fingerprint density at radius 3 is 0.844 bits per heavy atom. The van der Waals surface area contributed by atoms with E-state index in [1.165, 1.54) is 105 Å². The van der Waals surface area contributed by atoms with Crippen LogP contribution < -0.4 is 9.80 Å². The van der Waals surface area contributed by atoms with Gasteiger partial charge in [0, 0.05) is 34.1 Å². The minimum Gasteiger partial charge on any atom is -0.311 e. The zero-order valence-electron chi connectivity index (χ0n) is 49.5. The van der Waals surface area contributed by atoms with Crippen LogP contribution in [0.2, 0.25) is 0 Å². The maximum Gasteiger partial charge on any atom is 0.0713 e. The molecule has 0 unspecified atom stereocenters. The Labute approximate surface area is 526 Å². The Hall–Kier alpha value is -11.6. The Bertz CT molecular complexity index is 5030. The quantitative estimate of drug-likeness (QED) is 0.113. The van der Waals surface area contributed by atoms with Crippen molar-refractivity contribution in [1.82, 2.24) is 0 Å². The van der Waals surface area contributed by atoms with Crippen molar-refractivity contribution in [2.24, 2.45) is 0 Å². The molecule has 0 aromatic heterocycles. The maximum atomic E-state index is 2.54. The molecule has 0 heterocycles. The molecule has 0 saturated carbocycles. The number of para-hydroxylation sites is 3. The minimum atomic E-state index is -0.583. The lowest BCUT2D eigenvalue weighted by Crippen LogP contribution is -2.28. The fourth-order valence-corrected chi connectivity index (χ4v) is 15.5. The molecule has 0 fully saturated rings. The number of benzene rings is 15. The average molecular weight is 1150 g/mol. The van der Waals surface area contributed by atoms with E-state index in [0.29, 0.717) is 0 Å². The standard InChI is InChI=1S/C88H60N2/c1-8-28-63(29-9-1)87(64-30-10-2-11-31-64)81-46-26-24-42-73(81)75-55-48-61(58-83(75)87)85-77-44-22-23-45-78(77)86(62-49-56-76-74-43-25-27-47-82(74)88(84(76)59-62,65-32-12-3-13-33-65)66-34-14-4-15-35-66)80-60-72(54-57-79(80)85)90(69-40-20-7-21-41-69)71-52-50-70(51-53-71)89(67-36-16-5-17-37-67)68-38-18-6-19-39-68/h1-60H. The molecular formula is C88H60N2. The van der Waals surface area contributed by atoms with Crippen LogP contribution in [0.25, 0.3) is 66.1 Å². The van der Waals surface area contributed by atoms with Gasteiger partial charge in [0.15, 0.2) is 0 Å². The van der Waals surface area contributed by atoms with Gasteiger partial charge >= 0.3 is 0 Å². The highest BCUT2D eigenvalue weighted by Gasteiger charge is 2.48. The van der Waals surface area contributed by atoms with Crippen LogP contribution in [-0.4, -0.2) is 0 Å². The van der Waals surface area contributed by atoms with Gasteiger partial charge in [-0.3, -0.25) is 0 Å². The Morgan fingerprint density at radius 1 is 0.178 bits per heavy atom. The van der Waals surface area contributed by atoms with E-state index in [-0.39, 0.29) is 0 Å². The summed E-state index contributed by atoms with van der Waals surface area (Å²) in [5.74, 6) is 0. The highest BCUT2D eigenvalue weighted by molar-refractivity contribution is 6.22. The topological polar surface area (TPSA) is 6.48 Å². The third-order valence-electron chi connectivity index (χ3n) is 19.2. The van der Waals surface area contributed by atoms with Crippen LogP contribution in [0.4, 0.5) is 34.1 Å². The zero-order chi connectivity index (χ0) is 59.6. The van der Waals surface area contributed by atoms with Crippen LogP contribution in [0, 0.1) is 0 Å². The second kappa shape index (κ2) is 21.7. The summed E-state index contributed by atoms with van der Waals surface area (Å²) in [6, 6.07) is 135. The average Bonchev–Trinajstić information content (AvgIpc) is 1.51. The summed E-state index contributed by atoms with van der Waals surface area (Å²) in [7, 11) is 0. The largest absolute Gasteiger partial charge is 0.311 e. The number of rotatable bonds is 12. The lowest BCUT2D eigenvalue weighted by atomic mass is 9.67. The van der Waals surface area contributed by atoms with Gasteiger partial charge in [0.05, 0.1) is 10.8 Å². The molecule has 15 aromatic rings. The van der Waals surface area contributed by atoms with Gasteiger partial charge in [0.25, 0.3) is 0 Å². The van der Waals surface area contributed by atoms with Crippen LogP contribution in [0.3, 0.4) is 0 Å². The molecule has 2 heteroatoms. The van der Waals surface area contributed by atoms with Crippen molar-refractivity contribution in [3.63, 3.8) is 0 Å². The molecule has 422 valence electrons. The predicted molar refractivity (Wildman–Crippen MR) is 376 cm³/mol. The van der Waals surface area contributed by atoms with Crippen molar-refractivity contribution >= 4 is 55.7 Å². The molecule has 2 aliphatic rings. The summed E-state index contributed by atoms with van der Waals surface area (Å²) in [6.45, 7) is 0. The molecule has 0 aliphatic heterocycles. The predicted octanol–water partition coefficient (Wildman–Crippen LogP) is 23.0. The number of nitrogens with zero attached hydrogens (tertiary/aromatic N) is 2. The first-order valence-corrected chi connectivity index (χ1v) is 31.2. The molecule has 2 nitrogen and oxygen atoms in total. The molecule has 0 spiro atoms. The zero-order valence-corrected chi connectivity index (χ0v) is 49.5. The molecule has 0 N–H and O–H groups in total. The number of hydrogen-bond acceptors (Lipinski definition) is 2. The van der Waals surface area contributed by atoms with Crippen molar-refractivity contribution in [2.45, 2.75) is 10.8 Å². The molecule has 15 aromatic carbocycles. The van der Waals surface area contributed by atoms with Crippen molar-refractivity contribution in [2.75, 3.05) is 9.80 Å². The first-order chi connectivity index (χ1) is 44.7. The molecular weight excluding hydrogens is 1080 g/mol. The van der Waals surface area contributed by atoms with E-state index < -0.39 is 10.8 Å². The normalized spacial score (nSPS) is 13.1. The summed E-state index contributed by atoms with van der Waals surface area (Å²) < 4.78 is 0. The SMILES string of the molecule is c1ccc(N(c2ccccc2)c2ccc(N(c3ccccc3)c3ccc4c(-c5ccc6c(c5)C(c5ccccc5)(c5ccccc5)c5ccccc5-6)c5ccccc5c(-c5ccc6c(c5)C(c5ccccc5)(c5ccccc5)c5ccccc5-6)c4c3)cc2)cc1. The van der Waals surface area contributed by atoms with E-state index >= 15 is 0 Å². The highest BCUT2D eigenvalue weighted by Crippen LogP contribution is 2.60. The number of anilines is 6.